The Kier molecular flexibility index (Phi) is 8.44. The second-order valence-electron chi connectivity index (χ2n) is 9.40. The number of benzene rings is 2. The number of carboxylic acid groups (broad SMARTS) is 1. The first-order valence-corrected chi connectivity index (χ1v) is 12.5. The number of carboxylic acids is 1. The van der Waals surface area contributed by atoms with Crippen LogP contribution in [0.4, 0.5) is 0 Å². The zero-order chi connectivity index (χ0) is 23.9. The van der Waals surface area contributed by atoms with Crippen molar-refractivity contribution in [3.05, 3.63) is 64.7 Å². The molecule has 0 radical (unpaired) electrons. The maximum absolute atomic E-state index is 11.9. The monoisotopic (exact) mass is 481 g/mol. The SMILES string of the molecule is N#Cc1ccc(OC2CCN(CC3CCN([C@@H](Cc4ccccc4)C(=O)O)CC3)CC2)c(Cl)c1. The van der Waals surface area contributed by atoms with Crippen LogP contribution in [0.3, 0.4) is 0 Å². The number of ether oxygens (including phenoxy) is 1. The van der Waals surface area contributed by atoms with E-state index in [2.05, 4.69) is 15.9 Å². The Morgan fingerprint density at radius 3 is 2.41 bits per heavy atom. The van der Waals surface area contributed by atoms with Gasteiger partial charge < -0.3 is 14.7 Å². The maximum atomic E-state index is 11.9. The first-order chi connectivity index (χ1) is 16.5. The van der Waals surface area contributed by atoms with Crippen LogP contribution in [0.1, 0.15) is 36.8 Å². The van der Waals surface area contributed by atoms with Crippen LogP contribution in [0.15, 0.2) is 48.5 Å². The molecule has 0 spiro atoms. The minimum atomic E-state index is -0.730. The summed E-state index contributed by atoms with van der Waals surface area (Å²) in [5.41, 5.74) is 1.61. The van der Waals surface area contributed by atoms with Crippen LogP contribution in [0, 0.1) is 17.2 Å². The van der Waals surface area contributed by atoms with Gasteiger partial charge in [-0.25, -0.2) is 0 Å². The van der Waals surface area contributed by atoms with Gasteiger partial charge in [-0.15, -0.1) is 0 Å². The van der Waals surface area contributed by atoms with Crippen molar-refractivity contribution >= 4 is 17.6 Å². The van der Waals surface area contributed by atoms with Crippen LogP contribution < -0.4 is 4.74 Å². The van der Waals surface area contributed by atoms with Gasteiger partial charge in [0.25, 0.3) is 0 Å². The van der Waals surface area contributed by atoms with Gasteiger partial charge in [-0.1, -0.05) is 41.9 Å². The van der Waals surface area contributed by atoms with Gasteiger partial charge in [0.2, 0.25) is 0 Å². The Bertz CT molecular complexity index is 994. The van der Waals surface area contributed by atoms with E-state index < -0.39 is 12.0 Å². The molecule has 2 fully saturated rings. The normalized spacial score (nSPS) is 19.4. The molecule has 2 aromatic rings. The van der Waals surface area contributed by atoms with Crippen LogP contribution >= 0.6 is 11.6 Å². The highest BCUT2D eigenvalue weighted by molar-refractivity contribution is 6.32. The minimum Gasteiger partial charge on any atom is -0.489 e. The van der Waals surface area contributed by atoms with Crippen LogP contribution in [0.5, 0.6) is 5.75 Å². The van der Waals surface area contributed by atoms with Gasteiger partial charge in [-0.05, 0) is 74.9 Å². The van der Waals surface area contributed by atoms with Crippen LogP contribution in [0.2, 0.25) is 5.02 Å². The minimum absolute atomic E-state index is 0.137. The number of aliphatic carboxylic acids is 1. The largest absolute Gasteiger partial charge is 0.489 e. The maximum Gasteiger partial charge on any atom is 0.321 e. The van der Waals surface area contributed by atoms with Crippen molar-refractivity contribution in [1.29, 1.82) is 5.26 Å². The Morgan fingerprint density at radius 1 is 1.09 bits per heavy atom. The molecule has 0 saturated carbocycles. The van der Waals surface area contributed by atoms with Gasteiger partial charge in [0.15, 0.2) is 0 Å². The van der Waals surface area contributed by atoms with E-state index in [1.807, 2.05) is 30.3 Å². The van der Waals surface area contributed by atoms with E-state index in [0.717, 1.165) is 64.0 Å². The fourth-order valence-electron chi connectivity index (χ4n) is 5.08. The number of hydrogen-bond donors (Lipinski definition) is 1. The third-order valence-corrected chi connectivity index (χ3v) is 7.35. The summed E-state index contributed by atoms with van der Waals surface area (Å²) in [6, 6.07) is 16.7. The van der Waals surface area contributed by atoms with Crippen LogP contribution in [0.25, 0.3) is 0 Å². The van der Waals surface area contributed by atoms with Crippen molar-refractivity contribution in [3.63, 3.8) is 0 Å². The number of likely N-dealkylation sites (tertiary alicyclic amines) is 2. The van der Waals surface area contributed by atoms with E-state index in [-0.39, 0.29) is 6.10 Å². The van der Waals surface area contributed by atoms with Crippen molar-refractivity contribution in [2.45, 2.75) is 44.2 Å². The molecule has 1 atom stereocenters. The van der Waals surface area contributed by atoms with E-state index in [1.54, 1.807) is 18.2 Å². The van der Waals surface area contributed by atoms with Gasteiger partial charge in [0.05, 0.1) is 16.7 Å². The number of hydrogen-bond acceptors (Lipinski definition) is 5. The van der Waals surface area contributed by atoms with Gasteiger partial charge in [-0.2, -0.15) is 5.26 Å². The molecular formula is C27H32ClN3O3. The lowest BCUT2D eigenvalue weighted by Crippen LogP contribution is -2.48. The van der Waals surface area contributed by atoms with E-state index in [4.69, 9.17) is 21.6 Å². The Labute approximate surface area is 206 Å². The summed E-state index contributed by atoms with van der Waals surface area (Å²) >= 11 is 6.26. The predicted molar refractivity (Wildman–Crippen MR) is 132 cm³/mol. The molecule has 0 bridgehead atoms. The first kappa shape index (κ1) is 24.5. The quantitative estimate of drug-likeness (QED) is 0.599. The van der Waals surface area contributed by atoms with Gasteiger partial charge in [0.1, 0.15) is 17.9 Å². The summed E-state index contributed by atoms with van der Waals surface area (Å²) in [6.07, 6.45) is 4.67. The molecule has 2 saturated heterocycles. The highest BCUT2D eigenvalue weighted by Crippen LogP contribution is 2.29. The topological polar surface area (TPSA) is 76.8 Å². The molecule has 2 heterocycles. The number of piperidine rings is 2. The standard InChI is InChI=1S/C27H32ClN3O3/c28-24-16-22(18-29)6-7-26(24)34-23-10-12-30(13-11-23)19-21-8-14-31(15-9-21)25(27(32)33)17-20-4-2-1-3-5-20/h1-7,16,21,23,25H,8-15,17,19H2,(H,32,33)/t25-/m0/s1. The van der Waals surface area contributed by atoms with Crippen molar-refractivity contribution in [2.24, 2.45) is 5.92 Å². The predicted octanol–water partition coefficient (Wildman–Crippen LogP) is 4.46. The molecule has 6 nitrogen and oxygen atoms in total. The molecular weight excluding hydrogens is 450 g/mol. The number of nitrogens with zero attached hydrogens (tertiary/aromatic N) is 3. The summed E-state index contributed by atoms with van der Waals surface area (Å²) in [7, 11) is 0. The van der Waals surface area contributed by atoms with Gasteiger partial charge in [0, 0.05) is 19.6 Å². The Balaban J connectivity index is 1.21. The summed E-state index contributed by atoms with van der Waals surface area (Å²) in [6.45, 7) is 4.72. The van der Waals surface area contributed by atoms with Crippen molar-refractivity contribution < 1.29 is 14.6 Å². The summed E-state index contributed by atoms with van der Waals surface area (Å²) in [4.78, 5) is 16.6. The molecule has 2 aliphatic rings. The molecule has 34 heavy (non-hydrogen) atoms. The highest BCUT2D eigenvalue weighted by Gasteiger charge is 2.31. The molecule has 1 N–H and O–H groups in total. The fraction of sp³-hybridized carbons (Fsp3) is 0.481. The molecule has 0 aromatic heterocycles. The summed E-state index contributed by atoms with van der Waals surface area (Å²) in [5, 5.41) is 19.3. The third kappa shape index (κ3) is 6.50. The van der Waals surface area contributed by atoms with E-state index in [1.165, 1.54) is 0 Å². The molecule has 0 amide bonds. The molecule has 7 heteroatoms. The van der Waals surface area contributed by atoms with Gasteiger partial charge >= 0.3 is 5.97 Å². The average Bonchev–Trinajstić information content (AvgIpc) is 2.86. The zero-order valence-corrected chi connectivity index (χ0v) is 20.2. The summed E-state index contributed by atoms with van der Waals surface area (Å²) < 4.78 is 6.11. The Morgan fingerprint density at radius 2 is 1.79 bits per heavy atom. The molecule has 4 rings (SSSR count). The zero-order valence-electron chi connectivity index (χ0n) is 19.4. The summed E-state index contributed by atoms with van der Waals surface area (Å²) in [5.74, 6) is 0.523. The molecule has 2 aliphatic heterocycles. The third-order valence-electron chi connectivity index (χ3n) is 7.05. The van der Waals surface area contributed by atoms with E-state index >= 15 is 0 Å². The van der Waals surface area contributed by atoms with Crippen LogP contribution in [-0.2, 0) is 11.2 Å². The van der Waals surface area contributed by atoms with E-state index in [0.29, 0.717) is 28.7 Å². The van der Waals surface area contributed by atoms with Crippen LogP contribution in [-0.4, -0.2) is 65.7 Å². The lowest BCUT2D eigenvalue weighted by Gasteiger charge is -2.39. The van der Waals surface area contributed by atoms with Gasteiger partial charge in [-0.3, -0.25) is 9.69 Å². The first-order valence-electron chi connectivity index (χ1n) is 12.1. The smallest absolute Gasteiger partial charge is 0.321 e. The fourth-order valence-corrected chi connectivity index (χ4v) is 5.30. The highest BCUT2D eigenvalue weighted by atomic mass is 35.5. The molecule has 180 valence electrons. The molecule has 0 aliphatic carbocycles. The number of carbonyl (C=O) groups is 1. The second-order valence-corrected chi connectivity index (χ2v) is 9.81. The van der Waals surface area contributed by atoms with Crippen molar-refractivity contribution in [1.82, 2.24) is 9.80 Å². The van der Waals surface area contributed by atoms with Crippen molar-refractivity contribution in [2.75, 3.05) is 32.7 Å². The molecule has 2 aromatic carbocycles. The second kappa shape index (κ2) is 11.7. The van der Waals surface area contributed by atoms with Crippen molar-refractivity contribution in [3.8, 4) is 11.8 Å². The number of rotatable bonds is 8. The Hall–Kier alpha value is -2.59. The van der Waals surface area contributed by atoms with E-state index in [9.17, 15) is 9.90 Å². The average molecular weight is 482 g/mol. The lowest BCUT2D eigenvalue weighted by molar-refractivity contribution is -0.144. The number of nitriles is 1. The molecule has 0 unspecified atom stereocenters. The lowest BCUT2D eigenvalue weighted by atomic mass is 9.93. The number of halogens is 1.